The smallest absolute Gasteiger partial charge is 0.338 e. The van der Waals surface area contributed by atoms with Crippen molar-refractivity contribution in [2.45, 2.75) is 32.7 Å². The number of esters is 1. The number of carbonyl (C=O) groups is 1. The van der Waals surface area contributed by atoms with Gasteiger partial charge in [0, 0.05) is 23.4 Å². The number of pyridine rings is 1. The number of hydrogen-bond donors (Lipinski definition) is 1. The molecule has 2 heterocycles. The first-order chi connectivity index (χ1) is 17.4. The standard InChI is InChI=1S/C25H24N6O5/c1-3-4-7-18-13-17(25(33)36-2)14-23(32)30(18)15-16-10-11-20(22(12-16)31(34)35)19-8-5-6-9-21(19)24-26-28-29-27-24/h5-6,8-14H,3-4,7,15H2,1-2H3,(H,26,27,28,29). The Morgan fingerprint density at radius 3 is 2.56 bits per heavy atom. The summed E-state index contributed by atoms with van der Waals surface area (Å²) in [6, 6.07) is 14.9. The number of rotatable bonds is 9. The molecule has 11 heteroatoms. The van der Waals surface area contributed by atoms with E-state index in [-0.39, 0.29) is 23.4 Å². The van der Waals surface area contributed by atoms with Crippen molar-refractivity contribution >= 4 is 11.7 Å². The molecule has 0 fully saturated rings. The lowest BCUT2D eigenvalue weighted by atomic mass is 9.96. The van der Waals surface area contributed by atoms with E-state index >= 15 is 0 Å². The van der Waals surface area contributed by atoms with E-state index in [9.17, 15) is 19.7 Å². The van der Waals surface area contributed by atoms with E-state index in [0.29, 0.717) is 40.2 Å². The molecule has 4 aromatic rings. The number of nitro groups is 1. The van der Waals surface area contributed by atoms with Gasteiger partial charge in [-0.15, -0.1) is 5.10 Å². The SMILES string of the molecule is CCCCc1cc(C(=O)OC)cc(=O)n1Cc1ccc(-c2ccccc2-c2nnn[nH]2)c([N+](=O)[O-])c1. The zero-order valence-corrected chi connectivity index (χ0v) is 19.8. The van der Waals surface area contributed by atoms with Crippen molar-refractivity contribution in [3.63, 3.8) is 0 Å². The van der Waals surface area contributed by atoms with Crippen molar-refractivity contribution in [2.24, 2.45) is 0 Å². The fraction of sp³-hybridized carbons (Fsp3) is 0.240. The number of tetrazole rings is 1. The van der Waals surface area contributed by atoms with Crippen LogP contribution in [0.15, 0.2) is 59.4 Å². The summed E-state index contributed by atoms with van der Waals surface area (Å²) in [6.07, 6.45) is 2.29. The third kappa shape index (κ3) is 5.04. The molecular formula is C25H24N6O5. The number of carbonyl (C=O) groups excluding carboxylic acids is 1. The van der Waals surface area contributed by atoms with Gasteiger partial charge in [0.2, 0.25) is 0 Å². The predicted molar refractivity (Wildman–Crippen MR) is 131 cm³/mol. The molecule has 184 valence electrons. The molecule has 1 N–H and O–H groups in total. The second-order valence-corrected chi connectivity index (χ2v) is 8.16. The maximum absolute atomic E-state index is 12.9. The highest BCUT2D eigenvalue weighted by Crippen LogP contribution is 2.36. The number of nitrogens with zero attached hydrogens (tertiary/aromatic N) is 5. The van der Waals surface area contributed by atoms with Crippen LogP contribution in [-0.4, -0.2) is 43.2 Å². The highest BCUT2D eigenvalue weighted by atomic mass is 16.6. The minimum absolute atomic E-state index is 0.109. The molecule has 0 saturated carbocycles. The summed E-state index contributed by atoms with van der Waals surface area (Å²) in [7, 11) is 1.26. The zero-order valence-electron chi connectivity index (χ0n) is 19.8. The van der Waals surface area contributed by atoms with Crippen LogP contribution in [0.25, 0.3) is 22.5 Å². The van der Waals surface area contributed by atoms with Crippen LogP contribution in [0.4, 0.5) is 5.69 Å². The Hall–Kier alpha value is -4.67. The van der Waals surface area contributed by atoms with Gasteiger partial charge < -0.3 is 9.30 Å². The second-order valence-electron chi connectivity index (χ2n) is 8.16. The lowest BCUT2D eigenvalue weighted by Gasteiger charge is -2.15. The summed E-state index contributed by atoms with van der Waals surface area (Å²) in [5.41, 5.74) is 2.56. The Morgan fingerprint density at radius 1 is 1.11 bits per heavy atom. The van der Waals surface area contributed by atoms with Gasteiger partial charge in [-0.2, -0.15) is 0 Å². The van der Waals surface area contributed by atoms with Crippen molar-refractivity contribution in [3.05, 3.63) is 91.9 Å². The van der Waals surface area contributed by atoms with E-state index in [2.05, 4.69) is 20.6 Å². The number of aryl methyl sites for hydroxylation is 1. The molecule has 0 bridgehead atoms. The fourth-order valence-electron chi connectivity index (χ4n) is 4.07. The van der Waals surface area contributed by atoms with Crippen molar-refractivity contribution in [2.75, 3.05) is 7.11 Å². The van der Waals surface area contributed by atoms with Gasteiger partial charge >= 0.3 is 5.97 Å². The molecule has 0 saturated heterocycles. The topological polar surface area (TPSA) is 146 Å². The van der Waals surface area contributed by atoms with Crippen molar-refractivity contribution < 1.29 is 14.5 Å². The Balaban J connectivity index is 1.77. The zero-order chi connectivity index (χ0) is 25.7. The third-order valence-corrected chi connectivity index (χ3v) is 5.84. The van der Waals surface area contributed by atoms with E-state index < -0.39 is 10.9 Å². The van der Waals surface area contributed by atoms with Gasteiger partial charge in [-0.1, -0.05) is 43.7 Å². The summed E-state index contributed by atoms with van der Waals surface area (Å²) in [4.78, 5) is 36.6. The Morgan fingerprint density at radius 2 is 1.89 bits per heavy atom. The van der Waals surface area contributed by atoms with Gasteiger partial charge in [0.25, 0.3) is 11.2 Å². The van der Waals surface area contributed by atoms with Crippen LogP contribution in [0.3, 0.4) is 0 Å². The number of aromatic nitrogens is 5. The van der Waals surface area contributed by atoms with Crippen LogP contribution in [0.2, 0.25) is 0 Å². The van der Waals surface area contributed by atoms with E-state index in [1.54, 1.807) is 42.5 Å². The molecule has 36 heavy (non-hydrogen) atoms. The number of hydrogen-bond acceptors (Lipinski definition) is 8. The molecule has 0 aliphatic rings. The molecule has 0 amide bonds. The maximum Gasteiger partial charge on any atom is 0.338 e. The maximum atomic E-state index is 12.9. The first-order valence-corrected chi connectivity index (χ1v) is 11.4. The van der Waals surface area contributed by atoms with E-state index in [4.69, 9.17) is 4.74 Å². The van der Waals surface area contributed by atoms with Crippen LogP contribution in [0, 0.1) is 10.1 Å². The first kappa shape index (κ1) is 24.5. The van der Waals surface area contributed by atoms with Gasteiger partial charge in [-0.05, 0) is 46.5 Å². The van der Waals surface area contributed by atoms with Gasteiger partial charge in [-0.3, -0.25) is 14.9 Å². The average molecular weight is 489 g/mol. The Bertz CT molecular complexity index is 1460. The average Bonchev–Trinajstić information content (AvgIpc) is 3.43. The van der Waals surface area contributed by atoms with Crippen molar-refractivity contribution in [3.8, 4) is 22.5 Å². The molecule has 0 aliphatic heterocycles. The second kappa shape index (κ2) is 10.7. The molecule has 2 aromatic carbocycles. The molecule has 0 spiro atoms. The first-order valence-electron chi connectivity index (χ1n) is 11.4. The van der Waals surface area contributed by atoms with Crippen molar-refractivity contribution in [1.29, 1.82) is 0 Å². The normalized spacial score (nSPS) is 10.8. The van der Waals surface area contributed by atoms with Gasteiger partial charge in [-0.25, -0.2) is 9.89 Å². The number of aromatic amines is 1. The van der Waals surface area contributed by atoms with Gasteiger partial charge in [0.15, 0.2) is 5.82 Å². The predicted octanol–water partition coefficient (Wildman–Crippen LogP) is 3.78. The Kier molecular flexibility index (Phi) is 7.28. The summed E-state index contributed by atoms with van der Waals surface area (Å²) in [5.74, 6) is -0.195. The number of unbranched alkanes of at least 4 members (excludes halogenated alkanes) is 1. The number of ether oxygens (including phenoxy) is 1. The van der Waals surface area contributed by atoms with Gasteiger partial charge in [0.05, 0.1) is 29.7 Å². The van der Waals surface area contributed by atoms with E-state index in [1.165, 1.54) is 23.8 Å². The molecule has 0 atom stereocenters. The molecule has 4 rings (SSSR count). The number of H-pyrrole nitrogens is 1. The molecular weight excluding hydrogens is 464 g/mol. The number of nitro benzene ring substituents is 1. The van der Waals surface area contributed by atoms with Crippen LogP contribution >= 0.6 is 0 Å². The summed E-state index contributed by atoms with van der Waals surface area (Å²) >= 11 is 0. The van der Waals surface area contributed by atoms with Crippen LogP contribution in [-0.2, 0) is 17.7 Å². The third-order valence-electron chi connectivity index (χ3n) is 5.84. The quantitative estimate of drug-likeness (QED) is 0.213. The Labute approximate surface area is 205 Å². The van der Waals surface area contributed by atoms with Crippen LogP contribution in [0.1, 0.15) is 41.4 Å². The minimum Gasteiger partial charge on any atom is -0.465 e. The largest absolute Gasteiger partial charge is 0.465 e. The van der Waals surface area contributed by atoms with Gasteiger partial charge in [0.1, 0.15) is 0 Å². The number of benzene rings is 2. The summed E-state index contributed by atoms with van der Waals surface area (Å²) in [5, 5.41) is 25.9. The highest BCUT2D eigenvalue weighted by molar-refractivity contribution is 5.89. The lowest BCUT2D eigenvalue weighted by Crippen LogP contribution is -2.25. The van der Waals surface area contributed by atoms with Crippen LogP contribution < -0.4 is 5.56 Å². The molecule has 0 radical (unpaired) electrons. The monoisotopic (exact) mass is 488 g/mol. The number of methoxy groups -OCH3 is 1. The van der Waals surface area contributed by atoms with Crippen LogP contribution in [0.5, 0.6) is 0 Å². The highest BCUT2D eigenvalue weighted by Gasteiger charge is 2.21. The molecule has 11 nitrogen and oxygen atoms in total. The molecule has 2 aromatic heterocycles. The molecule has 0 unspecified atom stereocenters. The summed E-state index contributed by atoms with van der Waals surface area (Å²) < 4.78 is 6.30. The number of nitrogens with one attached hydrogen (secondary N) is 1. The molecule has 0 aliphatic carbocycles. The van der Waals surface area contributed by atoms with E-state index in [0.717, 1.165) is 12.8 Å². The van der Waals surface area contributed by atoms with E-state index in [1.807, 2.05) is 6.92 Å². The summed E-state index contributed by atoms with van der Waals surface area (Å²) in [6.45, 7) is 2.15. The lowest BCUT2D eigenvalue weighted by molar-refractivity contribution is -0.384. The minimum atomic E-state index is -0.586. The fourth-order valence-corrected chi connectivity index (χ4v) is 4.07. The van der Waals surface area contributed by atoms with Crippen molar-refractivity contribution in [1.82, 2.24) is 25.2 Å².